The van der Waals surface area contributed by atoms with Gasteiger partial charge in [-0.1, -0.05) is 19.9 Å². The average molecular weight is 141 g/mol. The van der Waals surface area contributed by atoms with Crippen LogP contribution in [0.4, 0.5) is 0 Å². The van der Waals surface area contributed by atoms with E-state index in [9.17, 15) is 0 Å². The highest BCUT2D eigenvalue weighted by atomic mass is 14.7. The summed E-state index contributed by atoms with van der Waals surface area (Å²) in [5, 5.41) is 0. The number of rotatable bonds is 3. The van der Waals surface area contributed by atoms with Gasteiger partial charge >= 0.3 is 0 Å². The van der Waals surface area contributed by atoms with Crippen molar-refractivity contribution in [3.8, 4) is 0 Å². The molecule has 0 fully saturated rings. The van der Waals surface area contributed by atoms with Gasteiger partial charge < -0.3 is 0 Å². The maximum Gasteiger partial charge on any atom is 0.0276 e. The normalized spacial score (nSPS) is 9.80. The smallest absolute Gasteiger partial charge is 0.0276 e. The molecule has 0 bridgehead atoms. The molecule has 0 aromatic rings. The Morgan fingerprint density at radius 2 is 2.00 bits per heavy atom. The van der Waals surface area contributed by atoms with Gasteiger partial charge in [-0.2, -0.15) is 0 Å². The van der Waals surface area contributed by atoms with Crippen molar-refractivity contribution in [3.05, 3.63) is 12.7 Å². The van der Waals surface area contributed by atoms with Crippen molar-refractivity contribution >= 4 is 5.71 Å². The third-order valence-electron chi connectivity index (χ3n) is 1.09. The topological polar surface area (TPSA) is 12.4 Å². The molecule has 0 atom stereocenters. The minimum absolute atomic E-state index is 1.04. The second-order valence-electron chi connectivity index (χ2n) is 1.79. The molecule has 0 rings (SSSR count). The van der Waals surface area contributed by atoms with Crippen LogP contribution >= 0.6 is 0 Å². The van der Waals surface area contributed by atoms with E-state index < -0.39 is 0 Å². The van der Waals surface area contributed by atoms with Crippen LogP contribution in [0, 0.1) is 0 Å². The Morgan fingerprint density at radius 3 is 2.30 bits per heavy atom. The Hall–Kier alpha value is -0.590. The van der Waals surface area contributed by atoms with Crippen LogP contribution in [0.3, 0.4) is 0 Å². The summed E-state index contributed by atoms with van der Waals surface area (Å²) in [6, 6.07) is 0. The minimum atomic E-state index is 1.04. The van der Waals surface area contributed by atoms with Crippen LogP contribution in [-0.2, 0) is 0 Å². The fourth-order valence-corrected chi connectivity index (χ4v) is 0.423. The SMILES string of the molecule is C=CCCC(C)=NC.CC. The van der Waals surface area contributed by atoms with E-state index in [2.05, 4.69) is 11.6 Å². The highest BCUT2D eigenvalue weighted by molar-refractivity contribution is 5.81. The third-order valence-corrected chi connectivity index (χ3v) is 1.09. The third kappa shape index (κ3) is 10.4. The molecule has 1 heteroatoms. The van der Waals surface area contributed by atoms with E-state index in [1.807, 2.05) is 33.9 Å². The first-order valence-corrected chi connectivity index (χ1v) is 3.84. The highest BCUT2D eigenvalue weighted by Gasteiger charge is 1.83. The fraction of sp³-hybridized carbons (Fsp3) is 0.667. The highest BCUT2D eigenvalue weighted by Crippen LogP contribution is 1.91. The molecule has 0 radical (unpaired) electrons. The molecule has 0 aromatic heterocycles. The van der Waals surface area contributed by atoms with Crippen molar-refractivity contribution in [2.24, 2.45) is 4.99 Å². The molecule has 10 heavy (non-hydrogen) atoms. The molecular formula is C9H19N. The van der Waals surface area contributed by atoms with Crippen molar-refractivity contribution in [1.82, 2.24) is 0 Å². The van der Waals surface area contributed by atoms with Gasteiger partial charge in [0, 0.05) is 12.8 Å². The molecule has 60 valence electrons. The van der Waals surface area contributed by atoms with Crippen LogP contribution in [0.25, 0.3) is 0 Å². The Kier molecular flexibility index (Phi) is 13.6. The zero-order valence-electron chi connectivity index (χ0n) is 7.65. The van der Waals surface area contributed by atoms with Crippen LogP contribution in [0.5, 0.6) is 0 Å². The lowest BCUT2D eigenvalue weighted by atomic mass is 10.2. The molecule has 0 aliphatic carbocycles. The van der Waals surface area contributed by atoms with Gasteiger partial charge in [0.05, 0.1) is 0 Å². The van der Waals surface area contributed by atoms with E-state index in [-0.39, 0.29) is 0 Å². The molecule has 0 amide bonds. The lowest BCUT2D eigenvalue weighted by Gasteiger charge is -1.91. The lowest BCUT2D eigenvalue weighted by Crippen LogP contribution is -1.87. The predicted molar refractivity (Wildman–Crippen MR) is 49.8 cm³/mol. The Morgan fingerprint density at radius 1 is 1.50 bits per heavy atom. The molecule has 0 saturated carbocycles. The number of hydrogen-bond acceptors (Lipinski definition) is 1. The summed E-state index contributed by atoms with van der Waals surface area (Å²) in [4.78, 5) is 3.99. The van der Waals surface area contributed by atoms with Crippen molar-refractivity contribution in [3.63, 3.8) is 0 Å². The molecule has 0 saturated heterocycles. The average Bonchev–Trinajstić information content (AvgIpc) is 2.04. The van der Waals surface area contributed by atoms with Gasteiger partial charge in [0.2, 0.25) is 0 Å². The largest absolute Gasteiger partial charge is 0.298 e. The molecular weight excluding hydrogens is 122 g/mol. The van der Waals surface area contributed by atoms with Gasteiger partial charge in [0.25, 0.3) is 0 Å². The standard InChI is InChI=1S/C7H13N.C2H6/c1-4-5-6-7(2)8-3;1-2/h4H,1,5-6H2,2-3H3;1-2H3. The summed E-state index contributed by atoms with van der Waals surface area (Å²) < 4.78 is 0. The first-order valence-electron chi connectivity index (χ1n) is 3.84. The van der Waals surface area contributed by atoms with E-state index in [0.717, 1.165) is 12.8 Å². The number of aliphatic imine (C=N–C) groups is 1. The zero-order chi connectivity index (χ0) is 8.41. The van der Waals surface area contributed by atoms with E-state index >= 15 is 0 Å². The van der Waals surface area contributed by atoms with Gasteiger partial charge in [0.1, 0.15) is 0 Å². The monoisotopic (exact) mass is 141 g/mol. The Balaban J connectivity index is 0. The van der Waals surface area contributed by atoms with E-state index in [4.69, 9.17) is 0 Å². The van der Waals surface area contributed by atoms with E-state index in [1.165, 1.54) is 5.71 Å². The number of hydrogen-bond donors (Lipinski definition) is 0. The number of allylic oxidation sites excluding steroid dienone is 1. The van der Waals surface area contributed by atoms with E-state index in [0.29, 0.717) is 0 Å². The van der Waals surface area contributed by atoms with Gasteiger partial charge in [-0.25, -0.2) is 0 Å². The summed E-state index contributed by atoms with van der Waals surface area (Å²) in [5.41, 5.74) is 1.20. The first-order chi connectivity index (χ1) is 4.81. The maximum absolute atomic E-state index is 3.99. The molecule has 0 spiro atoms. The molecule has 1 nitrogen and oxygen atoms in total. The molecule has 0 aliphatic rings. The molecule has 0 unspecified atom stereocenters. The maximum atomic E-state index is 3.99. The summed E-state index contributed by atoms with van der Waals surface area (Å²) in [5.74, 6) is 0. The van der Waals surface area contributed by atoms with Crippen LogP contribution < -0.4 is 0 Å². The molecule has 0 aliphatic heterocycles. The lowest BCUT2D eigenvalue weighted by molar-refractivity contribution is 1.08. The predicted octanol–water partition coefficient (Wildman–Crippen LogP) is 3.07. The summed E-state index contributed by atoms with van der Waals surface area (Å²) in [6.45, 7) is 9.64. The van der Waals surface area contributed by atoms with Crippen LogP contribution in [-0.4, -0.2) is 12.8 Å². The van der Waals surface area contributed by atoms with Gasteiger partial charge in [-0.3, -0.25) is 4.99 Å². The molecule has 0 heterocycles. The van der Waals surface area contributed by atoms with Crippen molar-refractivity contribution in [2.75, 3.05) is 7.05 Å². The van der Waals surface area contributed by atoms with Crippen molar-refractivity contribution in [2.45, 2.75) is 33.6 Å². The van der Waals surface area contributed by atoms with Gasteiger partial charge in [-0.05, 0) is 19.8 Å². The van der Waals surface area contributed by atoms with Crippen LogP contribution in [0.15, 0.2) is 17.6 Å². The minimum Gasteiger partial charge on any atom is -0.298 e. The van der Waals surface area contributed by atoms with E-state index in [1.54, 1.807) is 0 Å². The first kappa shape index (κ1) is 12.1. The summed E-state index contributed by atoms with van der Waals surface area (Å²) in [6.07, 6.45) is 4.01. The van der Waals surface area contributed by atoms with Crippen molar-refractivity contribution < 1.29 is 0 Å². The van der Waals surface area contributed by atoms with Crippen LogP contribution in [0.1, 0.15) is 33.6 Å². The van der Waals surface area contributed by atoms with Crippen molar-refractivity contribution in [1.29, 1.82) is 0 Å². The molecule has 0 aromatic carbocycles. The second-order valence-corrected chi connectivity index (χ2v) is 1.79. The fourth-order valence-electron chi connectivity index (χ4n) is 0.423. The number of nitrogens with zero attached hydrogens (tertiary/aromatic N) is 1. The quantitative estimate of drug-likeness (QED) is 0.423. The van der Waals surface area contributed by atoms with Gasteiger partial charge in [-0.15, -0.1) is 6.58 Å². The van der Waals surface area contributed by atoms with Crippen LogP contribution in [0.2, 0.25) is 0 Å². The molecule has 0 N–H and O–H groups in total. The van der Waals surface area contributed by atoms with Gasteiger partial charge in [0.15, 0.2) is 0 Å². The summed E-state index contributed by atoms with van der Waals surface area (Å²) in [7, 11) is 1.82. The Bertz CT molecular complexity index is 92.9. The Labute approximate surface area is 64.9 Å². The zero-order valence-corrected chi connectivity index (χ0v) is 7.65. The summed E-state index contributed by atoms with van der Waals surface area (Å²) >= 11 is 0. The second kappa shape index (κ2) is 11.2.